The number of carboxylic acids is 1. The Morgan fingerprint density at radius 1 is 1.53 bits per heavy atom. The fourth-order valence-electron chi connectivity index (χ4n) is 2.52. The predicted octanol–water partition coefficient (Wildman–Crippen LogP) is 0.881. The van der Waals surface area contributed by atoms with Crippen molar-refractivity contribution in [3.63, 3.8) is 0 Å². The van der Waals surface area contributed by atoms with E-state index in [1.165, 1.54) is 29.8 Å². The van der Waals surface area contributed by atoms with Crippen molar-refractivity contribution in [1.82, 2.24) is 15.1 Å². The Kier molecular flexibility index (Phi) is 2.63. The van der Waals surface area contributed by atoms with Gasteiger partial charge >= 0.3 is 5.97 Å². The first kappa shape index (κ1) is 10.8. The number of aliphatic carboxylic acids is 1. The third kappa shape index (κ3) is 2.07. The van der Waals surface area contributed by atoms with Crippen LogP contribution in [0.3, 0.4) is 0 Å². The molecule has 1 aromatic heterocycles. The lowest BCUT2D eigenvalue weighted by Crippen LogP contribution is -2.25. The zero-order valence-corrected chi connectivity index (χ0v) is 9.78. The van der Waals surface area contributed by atoms with E-state index in [1.807, 2.05) is 4.68 Å². The van der Waals surface area contributed by atoms with E-state index in [4.69, 9.17) is 5.11 Å². The van der Waals surface area contributed by atoms with Gasteiger partial charge in [0.1, 0.15) is 0 Å². The summed E-state index contributed by atoms with van der Waals surface area (Å²) in [4.78, 5) is 10.6. The average Bonchev–Trinajstić information content (AvgIpc) is 3.09. The van der Waals surface area contributed by atoms with Crippen molar-refractivity contribution in [2.24, 2.45) is 0 Å². The van der Waals surface area contributed by atoms with E-state index in [-0.39, 0.29) is 6.42 Å². The van der Waals surface area contributed by atoms with Crippen LogP contribution in [0.5, 0.6) is 0 Å². The highest BCUT2D eigenvalue weighted by atomic mass is 16.4. The second-order valence-corrected chi connectivity index (χ2v) is 4.88. The molecule has 2 heterocycles. The summed E-state index contributed by atoms with van der Waals surface area (Å²) in [5.74, 6) is -0.120. The monoisotopic (exact) mass is 235 g/mol. The van der Waals surface area contributed by atoms with Gasteiger partial charge in [0.15, 0.2) is 0 Å². The Balaban J connectivity index is 1.88. The van der Waals surface area contributed by atoms with Crippen molar-refractivity contribution in [2.45, 2.75) is 44.7 Å². The summed E-state index contributed by atoms with van der Waals surface area (Å²) in [7, 11) is 0. The van der Waals surface area contributed by atoms with E-state index in [1.54, 1.807) is 0 Å². The van der Waals surface area contributed by atoms with E-state index >= 15 is 0 Å². The lowest BCUT2D eigenvalue weighted by atomic mass is 10.0. The van der Waals surface area contributed by atoms with Gasteiger partial charge in [-0.3, -0.25) is 9.48 Å². The third-order valence-electron chi connectivity index (χ3n) is 3.54. The number of nitrogens with one attached hydrogen (secondary N) is 1. The number of aryl methyl sites for hydroxylation is 1. The minimum Gasteiger partial charge on any atom is -0.481 e. The number of hydrogen-bond acceptors (Lipinski definition) is 3. The summed E-state index contributed by atoms with van der Waals surface area (Å²) in [5.41, 5.74) is 3.81. The van der Waals surface area contributed by atoms with E-state index in [2.05, 4.69) is 10.4 Å². The predicted molar refractivity (Wildman–Crippen MR) is 61.9 cm³/mol. The van der Waals surface area contributed by atoms with Crippen molar-refractivity contribution >= 4 is 5.97 Å². The van der Waals surface area contributed by atoms with Crippen LogP contribution < -0.4 is 5.32 Å². The molecular formula is C12H17N3O2. The molecule has 0 atom stereocenters. The summed E-state index contributed by atoms with van der Waals surface area (Å²) < 4.78 is 1.93. The quantitative estimate of drug-likeness (QED) is 0.813. The van der Waals surface area contributed by atoms with E-state index < -0.39 is 5.97 Å². The van der Waals surface area contributed by atoms with Crippen molar-refractivity contribution in [1.29, 1.82) is 0 Å². The van der Waals surface area contributed by atoms with Gasteiger partial charge in [-0.15, -0.1) is 0 Å². The molecule has 0 radical (unpaired) electrons. The molecule has 1 aromatic rings. The Morgan fingerprint density at radius 2 is 2.35 bits per heavy atom. The van der Waals surface area contributed by atoms with Gasteiger partial charge in [0.25, 0.3) is 0 Å². The van der Waals surface area contributed by atoms with E-state index in [0.29, 0.717) is 12.5 Å². The highest BCUT2D eigenvalue weighted by molar-refractivity contribution is 5.66. The average molecular weight is 235 g/mol. The topological polar surface area (TPSA) is 67.1 Å². The summed E-state index contributed by atoms with van der Waals surface area (Å²) >= 11 is 0. The first-order valence-corrected chi connectivity index (χ1v) is 6.26. The van der Waals surface area contributed by atoms with Crippen molar-refractivity contribution in [2.75, 3.05) is 6.54 Å². The summed E-state index contributed by atoms with van der Waals surface area (Å²) in [5, 5.41) is 16.8. The largest absolute Gasteiger partial charge is 0.481 e. The van der Waals surface area contributed by atoms with Gasteiger partial charge in [-0.05, 0) is 12.8 Å². The van der Waals surface area contributed by atoms with Crippen LogP contribution >= 0.6 is 0 Å². The highest BCUT2D eigenvalue weighted by Gasteiger charge is 2.32. The van der Waals surface area contributed by atoms with Gasteiger partial charge in [-0.2, -0.15) is 5.10 Å². The molecular weight excluding hydrogens is 218 g/mol. The number of hydrogen-bond donors (Lipinski definition) is 2. The molecule has 1 aliphatic heterocycles. The second kappa shape index (κ2) is 4.14. The summed E-state index contributed by atoms with van der Waals surface area (Å²) in [6, 6.07) is 0. The van der Waals surface area contributed by atoms with Crippen LogP contribution in [0, 0.1) is 0 Å². The van der Waals surface area contributed by atoms with E-state index in [0.717, 1.165) is 19.5 Å². The molecule has 1 saturated carbocycles. The van der Waals surface area contributed by atoms with Gasteiger partial charge in [0, 0.05) is 36.7 Å². The molecule has 2 aliphatic rings. The number of fused-ring (bicyclic) bond motifs is 1. The lowest BCUT2D eigenvalue weighted by molar-refractivity contribution is -0.137. The highest BCUT2D eigenvalue weighted by Crippen LogP contribution is 2.42. The van der Waals surface area contributed by atoms with Crippen LogP contribution in [0.15, 0.2) is 0 Å². The maximum Gasteiger partial charge on any atom is 0.305 e. The molecule has 5 nitrogen and oxygen atoms in total. The molecule has 0 unspecified atom stereocenters. The SMILES string of the molecule is O=C(O)CCn1nc(C2CC2)c2c1CCNC2. The number of carboxylic acid groups (broad SMARTS) is 1. The second-order valence-electron chi connectivity index (χ2n) is 4.88. The van der Waals surface area contributed by atoms with Gasteiger partial charge in [-0.1, -0.05) is 0 Å². The summed E-state index contributed by atoms with van der Waals surface area (Å²) in [6.07, 6.45) is 3.60. The Morgan fingerprint density at radius 3 is 3.06 bits per heavy atom. The lowest BCUT2D eigenvalue weighted by Gasteiger charge is -2.15. The van der Waals surface area contributed by atoms with Gasteiger partial charge in [-0.25, -0.2) is 0 Å². The van der Waals surface area contributed by atoms with E-state index in [9.17, 15) is 4.79 Å². The molecule has 0 bridgehead atoms. The number of aromatic nitrogens is 2. The van der Waals surface area contributed by atoms with Crippen molar-refractivity contribution in [3.05, 3.63) is 17.0 Å². The first-order chi connectivity index (χ1) is 8.25. The van der Waals surface area contributed by atoms with Crippen molar-refractivity contribution < 1.29 is 9.90 Å². The minimum atomic E-state index is -0.754. The van der Waals surface area contributed by atoms with Crippen LogP contribution in [-0.4, -0.2) is 27.4 Å². The molecule has 2 N–H and O–H groups in total. The van der Waals surface area contributed by atoms with Gasteiger partial charge in [0.05, 0.1) is 18.7 Å². The fraction of sp³-hybridized carbons (Fsp3) is 0.667. The normalized spacial score (nSPS) is 19.1. The maximum absolute atomic E-state index is 10.6. The zero-order valence-electron chi connectivity index (χ0n) is 9.78. The number of nitrogens with zero attached hydrogens (tertiary/aromatic N) is 2. The zero-order chi connectivity index (χ0) is 11.8. The molecule has 5 heteroatoms. The standard InChI is InChI=1S/C12H17N3O2/c16-11(17)4-6-15-10-3-5-13-7-9(10)12(14-15)8-1-2-8/h8,13H,1-7H2,(H,16,17). The fourth-order valence-corrected chi connectivity index (χ4v) is 2.52. The number of rotatable bonds is 4. The molecule has 17 heavy (non-hydrogen) atoms. The Labute approximate surface area is 99.8 Å². The minimum absolute atomic E-state index is 0.158. The molecule has 1 aliphatic carbocycles. The third-order valence-corrected chi connectivity index (χ3v) is 3.54. The Hall–Kier alpha value is -1.36. The molecule has 1 fully saturated rings. The molecule has 0 spiro atoms. The molecule has 0 saturated heterocycles. The molecule has 0 aromatic carbocycles. The van der Waals surface area contributed by atoms with Crippen LogP contribution in [-0.2, 0) is 24.3 Å². The van der Waals surface area contributed by atoms with Crippen molar-refractivity contribution in [3.8, 4) is 0 Å². The molecule has 92 valence electrons. The van der Waals surface area contributed by atoms with Gasteiger partial charge < -0.3 is 10.4 Å². The summed E-state index contributed by atoms with van der Waals surface area (Å²) in [6.45, 7) is 2.37. The molecule has 0 amide bonds. The molecule has 3 rings (SSSR count). The van der Waals surface area contributed by atoms with Crippen LogP contribution in [0.25, 0.3) is 0 Å². The maximum atomic E-state index is 10.6. The van der Waals surface area contributed by atoms with Crippen LogP contribution in [0.4, 0.5) is 0 Å². The van der Waals surface area contributed by atoms with Crippen LogP contribution in [0.2, 0.25) is 0 Å². The van der Waals surface area contributed by atoms with Crippen LogP contribution in [0.1, 0.15) is 42.1 Å². The smallest absolute Gasteiger partial charge is 0.305 e. The van der Waals surface area contributed by atoms with Gasteiger partial charge in [0.2, 0.25) is 0 Å². The number of carbonyl (C=O) groups is 1. The first-order valence-electron chi connectivity index (χ1n) is 6.26. The Bertz CT molecular complexity index is 449.